The average Bonchev–Trinajstić information content (AvgIpc) is 2.45. The molecule has 0 spiro atoms. The number of nitrogens with one attached hydrogen (secondary N) is 1. The summed E-state index contributed by atoms with van der Waals surface area (Å²) >= 11 is 0. The minimum Gasteiger partial charge on any atom is -0.392 e. The van der Waals surface area contributed by atoms with Crippen molar-refractivity contribution < 1.29 is 9.90 Å². The summed E-state index contributed by atoms with van der Waals surface area (Å²) in [5.41, 5.74) is 3.55. The summed E-state index contributed by atoms with van der Waals surface area (Å²) in [6, 6.07) is 15.0. The number of carbonyl (C=O) groups is 1. The molecule has 0 aliphatic rings. The third-order valence-electron chi connectivity index (χ3n) is 3.04. The number of benzene rings is 2. The quantitative estimate of drug-likeness (QED) is 0.881. The molecule has 2 aromatic carbocycles. The van der Waals surface area contributed by atoms with E-state index < -0.39 is 0 Å². The van der Waals surface area contributed by atoms with Gasteiger partial charge >= 0.3 is 0 Å². The molecular formula is C16H17NO2. The summed E-state index contributed by atoms with van der Waals surface area (Å²) in [4.78, 5) is 12.0. The van der Waals surface area contributed by atoms with Gasteiger partial charge in [0.15, 0.2) is 0 Å². The average molecular weight is 255 g/mol. The van der Waals surface area contributed by atoms with E-state index in [0.717, 1.165) is 16.7 Å². The van der Waals surface area contributed by atoms with Crippen LogP contribution in [0.2, 0.25) is 0 Å². The Labute approximate surface area is 112 Å². The highest BCUT2D eigenvalue weighted by molar-refractivity contribution is 5.94. The number of aliphatic hydroxyl groups is 1. The van der Waals surface area contributed by atoms with Gasteiger partial charge in [0.2, 0.25) is 0 Å². The maximum atomic E-state index is 12.0. The van der Waals surface area contributed by atoms with Crippen LogP contribution in [0.25, 0.3) is 0 Å². The van der Waals surface area contributed by atoms with Crippen LogP contribution in [0.5, 0.6) is 0 Å². The number of hydrogen-bond acceptors (Lipinski definition) is 2. The molecule has 98 valence electrons. The van der Waals surface area contributed by atoms with Crippen molar-refractivity contribution in [3.05, 3.63) is 70.8 Å². The number of aliphatic hydroxyl groups excluding tert-OH is 1. The zero-order chi connectivity index (χ0) is 13.7. The van der Waals surface area contributed by atoms with Crippen LogP contribution in [-0.2, 0) is 13.2 Å². The maximum Gasteiger partial charge on any atom is 0.251 e. The molecule has 2 N–H and O–H groups in total. The molecule has 3 nitrogen and oxygen atoms in total. The minimum atomic E-state index is -0.104. The van der Waals surface area contributed by atoms with Crippen molar-refractivity contribution >= 4 is 5.91 Å². The number of rotatable bonds is 4. The number of aryl methyl sites for hydroxylation is 1. The van der Waals surface area contributed by atoms with Crippen LogP contribution in [-0.4, -0.2) is 11.0 Å². The molecule has 1 amide bonds. The molecule has 0 saturated carbocycles. The fourth-order valence-electron chi connectivity index (χ4n) is 1.87. The minimum absolute atomic E-state index is 0.0173. The first-order valence-electron chi connectivity index (χ1n) is 6.23. The van der Waals surface area contributed by atoms with E-state index in [0.29, 0.717) is 12.1 Å². The van der Waals surface area contributed by atoms with Gasteiger partial charge in [-0.25, -0.2) is 0 Å². The van der Waals surface area contributed by atoms with E-state index in [2.05, 4.69) is 5.32 Å². The van der Waals surface area contributed by atoms with E-state index in [-0.39, 0.29) is 12.5 Å². The highest BCUT2D eigenvalue weighted by Crippen LogP contribution is 2.09. The van der Waals surface area contributed by atoms with Gasteiger partial charge in [0.05, 0.1) is 6.61 Å². The Hall–Kier alpha value is -2.13. The largest absolute Gasteiger partial charge is 0.392 e. The van der Waals surface area contributed by atoms with E-state index in [1.807, 2.05) is 55.5 Å². The predicted molar refractivity (Wildman–Crippen MR) is 74.7 cm³/mol. The topological polar surface area (TPSA) is 49.3 Å². The SMILES string of the molecule is Cc1ccc(C(=O)NCc2ccccc2CO)cc1. The Morgan fingerprint density at radius 3 is 2.32 bits per heavy atom. The van der Waals surface area contributed by atoms with Gasteiger partial charge in [-0.3, -0.25) is 4.79 Å². The van der Waals surface area contributed by atoms with Crippen LogP contribution < -0.4 is 5.32 Å². The summed E-state index contributed by atoms with van der Waals surface area (Å²) in [6.07, 6.45) is 0. The summed E-state index contributed by atoms with van der Waals surface area (Å²) in [5.74, 6) is -0.104. The first-order chi connectivity index (χ1) is 9.20. The molecular weight excluding hydrogens is 238 g/mol. The lowest BCUT2D eigenvalue weighted by Gasteiger charge is -2.09. The van der Waals surface area contributed by atoms with E-state index in [1.54, 1.807) is 0 Å². The molecule has 2 rings (SSSR count). The van der Waals surface area contributed by atoms with Crippen molar-refractivity contribution in [2.24, 2.45) is 0 Å². The normalized spacial score (nSPS) is 10.2. The lowest BCUT2D eigenvalue weighted by molar-refractivity contribution is 0.0950. The van der Waals surface area contributed by atoms with Crippen molar-refractivity contribution in [2.45, 2.75) is 20.1 Å². The molecule has 3 heteroatoms. The number of hydrogen-bond donors (Lipinski definition) is 2. The van der Waals surface area contributed by atoms with Crippen LogP contribution in [0.1, 0.15) is 27.0 Å². The van der Waals surface area contributed by atoms with Crippen molar-refractivity contribution in [1.82, 2.24) is 5.32 Å². The lowest BCUT2D eigenvalue weighted by Crippen LogP contribution is -2.23. The van der Waals surface area contributed by atoms with Crippen molar-refractivity contribution in [3.8, 4) is 0 Å². The fraction of sp³-hybridized carbons (Fsp3) is 0.188. The smallest absolute Gasteiger partial charge is 0.251 e. The molecule has 0 unspecified atom stereocenters. The highest BCUT2D eigenvalue weighted by Gasteiger charge is 2.06. The Balaban J connectivity index is 2.02. The molecule has 0 heterocycles. The van der Waals surface area contributed by atoms with Gasteiger partial charge in [-0.2, -0.15) is 0 Å². The molecule has 0 aromatic heterocycles. The van der Waals surface area contributed by atoms with Gasteiger partial charge in [-0.05, 0) is 30.2 Å². The second-order valence-corrected chi connectivity index (χ2v) is 4.48. The van der Waals surface area contributed by atoms with Crippen LogP contribution in [0.15, 0.2) is 48.5 Å². The van der Waals surface area contributed by atoms with E-state index >= 15 is 0 Å². The molecule has 0 saturated heterocycles. The molecule has 0 aliphatic carbocycles. The Kier molecular flexibility index (Phi) is 4.31. The van der Waals surface area contributed by atoms with Crippen molar-refractivity contribution in [1.29, 1.82) is 0 Å². The van der Waals surface area contributed by atoms with Gasteiger partial charge < -0.3 is 10.4 Å². The second-order valence-electron chi connectivity index (χ2n) is 4.48. The summed E-state index contributed by atoms with van der Waals surface area (Å²) in [6.45, 7) is 2.39. The van der Waals surface area contributed by atoms with E-state index in [4.69, 9.17) is 0 Å². The van der Waals surface area contributed by atoms with Crippen molar-refractivity contribution in [3.63, 3.8) is 0 Å². The van der Waals surface area contributed by atoms with E-state index in [9.17, 15) is 9.90 Å². The monoisotopic (exact) mass is 255 g/mol. The molecule has 0 radical (unpaired) electrons. The lowest BCUT2D eigenvalue weighted by atomic mass is 10.1. The summed E-state index contributed by atoms with van der Waals surface area (Å²) in [7, 11) is 0. The van der Waals surface area contributed by atoms with Crippen LogP contribution in [0.4, 0.5) is 0 Å². The Morgan fingerprint density at radius 1 is 1.05 bits per heavy atom. The van der Waals surface area contributed by atoms with Gasteiger partial charge in [-0.15, -0.1) is 0 Å². The Bertz CT molecular complexity index is 561. The van der Waals surface area contributed by atoms with Gasteiger partial charge in [-0.1, -0.05) is 42.0 Å². The fourth-order valence-corrected chi connectivity index (χ4v) is 1.87. The van der Waals surface area contributed by atoms with E-state index in [1.165, 1.54) is 0 Å². The van der Waals surface area contributed by atoms with Crippen molar-refractivity contribution in [2.75, 3.05) is 0 Å². The maximum absolute atomic E-state index is 12.0. The zero-order valence-electron chi connectivity index (χ0n) is 10.9. The molecule has 0 fully saturated rings. The summed E-state index contributed by atoms with van der Waals surface area (Å²) < 4.78 is 0. The molecule has 19 heavy (non-hydrogen) atoms. The van der Waals surface area contributed by atoms with Gasteiger partial charge in [0.1, 0.15) is 0 Å². The molecule has 2 aromatic rings. The molecule has 0 aliphatic heterocycles. The standard InChI is InChI=1S/C16H17NO2/c1-12-6-8-13(9-7-12)16(19)17-10-14-4-2-3-5-15(14)11-18/h2-9,18H,10-11H2,1H3,(H,17,19). The van der Waals surface area contributed by atoms with Crippen LogP contribution in [0.3, 0.4) is 0 Å². The first-order valence-corrected chi connectivity index (χ1v) is 6.23. The van der Waals surface area contributed by atoms with Gasteiger partial charge in [0, 0.05) is 12.1 Å². The predicted octanol–water partition coefficient (Wildman–Crippen LogP) is 2.42. The van der Waals surface area contributed by atoms with Gasteiger partial charge in [0.25, 0.3) is 5.91 Å². The number of amides is 1. The summed E-state index contributed by atoms with van der Waals surface area (Å²) in [5, 5.41) is 12.1. The first kappa shape index (κ1) is 13.3. The molecule has 0 atom stereocenters. The third-order valence-corrected chi connectivity index (χ3v) is 3.04. The van der Waals surface area contributed by atoms with Crippen LogP contribution >= 0.6 is 0 Å². The third kappa shape index (κ3) is 3.42. The second kappa shape index (κ2) is 6.16. The Morgan fingerprint density at radius 2 is 1.68 bits per heavy atom. The highest BCUT2D eigenvalue weighted by atomic mass is 16.3. The number of carbonyl (C=O) groups excluding carboxylic acids is 1. The molecule has 0 bridgehead atoms. The van der Waals surface area contributed by atoms with Crippen LogP contribution in [0, 0.1) is 6.92 Å². The zero-order valence-corrected chi connectivity index (χ0v) is 10.9.